The Morgan fingerprint density at radius 3 is 2.56 bits per heavy atom. The van der Waals surface area contributed by atoms with Gasteiger partial charge in [0.15, 0.2) is 0 Å². The first-order valence-electron chi connectivity index (χ1n) is 7.24. The van der Waals surface area contributed by atoms with E-state index >= 15 is 0 Å². The van der Waals surface area contributed by atoms with Gasteiger partial charge in [0.05, 0.1) is 6.10 Å². The summed E-state index contributed by atoms with van der Waals surface area (Å²) in [5.74, 6) is 2.99. The van der Waals surface area contributed by atoms with Crippen LogP contribution < -0.4 is 5.32 Å². The molecule has 2 heteroatoms. The standard InChI is InChI=1S/C14H25NO/c16-14-4-2-1-3-13(14)15-9-12-8-10-5-6-11(12)7-10/h10-16H,1-9H2/t10?,11?,12?,13-,14-/m1/s1. The number of hydrogen-bond donors (Lipinski definition) is 2. The molecule has 2 nitrogen and oxygen atoms in total. The molecule has 3 aliphatic carbocycles. The summed E-state index contributed by atoms with van der Waals surface area (Å²) in [4.78, 5) is 0. The lowest BCUT2D eigenvalue weighted by Gasteiger charge is -2.31. The zero-order valence-electron chi connectivity index (χ0n) is 10.2. The average molecular weight is 223 g/mol. The van der Waals surface area contributed by atoms with Crippen molar-refractivity contribution in [1.82, 2.24) is 5.32 Å². The van der Waals surface area contributed by atoms with Gasteiger partial charge in [-0.25, -0.2) is 0 Å². The number of hydrogen-bond acceptors (Lipinski definition) is 2. The van der Waals surface area contributed by atoms with Crippen LogP contribution in [0.15, 0.2) is 0 Å². The zero-order valence-corrected chi connectivity index (χ0v) is 10.2. The highest BCUT2D eigenvalue weighted by atomic mass is 16.3. The van der Waals surface area contributed by atoms with Gasteiger partial charge in [0.2, 0.25) is 0 Å². The van der Waals surface area contributed by atoms with Crippen LogP contribution in [0.3, 0.4) is 0 Å². The fourth-order valence-electron chi connectivity index (χ4n) is 4.28. The van der Waals surface area contributed by atoms with E-state index in [0.29, 0.717) is 6.04 Å². The van der Waals surface area contributed by atoms with Gasteiger partial charge < -0.3 is 10.4 Å². The molecule has 3 unspecified atom stereocenters. The topological polar surface area (TPSA) is 32.3 Å². The summed E-state index contributed by atoms with van der Waals surface area (Å²) in [6.45, 7) is 1.17. The summed E-state index contributed by atoms with van der Waals surface area (Å²) >= 11 is 0. The first-order chi connectivity index (χ1) is 7.83. The lowest BCUT2D eigenvalue weighted by Crippen LogP contribution is -2.44. The molecule has 0 aromatic carbocycles. The molecule has 0 amide bonds. The van der Waals surface area contributed by atoms with E-state index in [1.54, 1.807) is 0 Å². The monoisotopic (exact) mass is 223 g/mol. The van der Waals surface area contributed by atoms with Crippen molar-refractivity contribution in [2.75, 3.05) is 6.54 Å². The quantitative estimate of drug-likeness (QED) is 0.769. The number of rotatable bonds is 3. The molecule has 16 heavy (non-hydrogen) atoms. The van der Waals surface area contributed by atoms with E-state index in [4.69, 9.17) is 0 Å². The second kappa shape index (κ2) is 4.66. The van der Waals surface area contributed by atoms with E-state index in [9.17, 15) is 5.11 Å². The molecule has 2 bridgehead atoms. The van der Waals surface area contributed by atoms with Gasteiger partial charge in [-0.05, 0) is 56.4 Å². The maximum absolute atomic E-state index is 9.91. The highest BCUT2D eigenvalue weighted by molar-refractivity contribution is 4.92. The van der Waals surface area contributed by atoms with Crippen molar-refractivity contribution in [3.63, 3.8) is 0 Å². The molecule has 0 spiro atoms. The van der Waals surface area contributed by atoms with Crippen LogP contribution in [0.5, 0.6) is 0 Å². The van der Waals surface area contributed by atoms with Crippen molar-refractivity contribution in [2.24, 2.45) is 17.8 Å². The van der Waals surface area contributed by atoms with Crippen molar-refractivity contribution in [1.29, 1.82) is 0 Å². The molecule has 5 atom stereocenters. The number of aliphatic hydroxyl groups excluding tert-OH is 1. The second-order valence-electron chi connectivity index (χ2n) is 6.30. The predicted molar refractivity (Wildman–Crippen MR) is 65.2 cm³/mol. The Bertz CT molecular complexity index is 241. The van der Waals surface area contributed by atoms with Crippen LogP contribution in [0.1, 0.15) is 51.4 Å². The number of aliphatic hydroxyl groups is 1. The van der Waals surface area contributed by atoms with Crippen LogP contribution in [0.2, 0.25) is 0 Å². The minimum atomic E-state index is -0.0765. The van der Waals surface area contributed by atoms with E-state index in [-0.39, 0.29) is 6.10 Å². The molecule has 3 rings (SSSR count). The molecular weight excluding hydrogens is 198 g/mol. The molecule has 0 heterocycles. The summed E-state index contributed by atoms with van der Waals surface area (Å²) in [7, 11) is 0. The van der Waals surface area contributed by atoms with Crippen LogP contribution in [0, 0.1) is 17.8 Å². The molecule has 3 fully saturated rings. The van der Waals surface area contributed by atoms with E-state index in [2.05, 4.69) is 5.32 Å². The summed E-state index contributed by atoms with van der Waals surface area (Å²) in [6.07, 6.45) is 10.6. The molecule has 0 saturated heterocycles. The minimum Gasteiger partial charge on any atom is -0.392 e. The lowest BCUT2D eigenvalue weighted by molar-refractivity contribution is 0.0869. The van der Waals surface area contributed by atoms with Crippen LogP contribution >= 0.6 is 0 Å². The number of fused-ring (bicyclic) bond motifs is 2. The van der Waals surface area contributed by atoms with Crippen molar-refractivity contribution < 1.29 is 5.11 Å². The Labute approximate surface area is 98.8 Å². The smallest absolute Gasteiger partial charge is 0.0693 e. The first-order valence-corrected chi connectivity index (χ1v) is 7.24. The maximum Gasteiger partial charge on any atom is 0.0693 e. The fraction of sp³-hybridized carbons (Fsp3) is 1.00. The van der Waals surface area contributed by atoms with Gasteiger partial charge in [0, 0.05) is 6.04 Å². The van der Waals surface area contributed by atoms with Crippen molar-refractivity contribution in [3.05, 3.63) is 0 Å². The van der Waals surface area contributed by atoms with Gasteiger partial charge in [-0.3, -0.25) is 0 Å². The Hall–Kier alpha value is -0.0800. The SMILES string of the molecule is O[C@@H]1CCCC[C@H]1NCC1CC2CCC1C2. The third-order valence-corrected chi connectivity index (χ3v) is 5.26. The van der Waals surface area contributed by atoms with Crippen LogP contribution in [-0.2, 0) is 0 Å². The molecular formula is C14H25NO. The summed E-state index contributed by atoms with van der Waals surface area (Å²) in [5.41, 5.74) is 0. The van der Waals surface area contributed by atoms with Crippen LogP contribution in [0.25, 0.3) is 0 Å². The van der Waals surface area contributed by atoms with Crippen molar-refractivity contribution in [3.8, 4) is 0 Å². The molecule has 0 aromatic heterocycles. The largest absolute Gasteiger partial charge is 0.392 e. The van der Waals surface area contributed by atoms with Crippen LogP contribution in [-0.4, -0.2) is 23.8 Å². The summed E-state index contributed by atoms with van der Waals surface area (Å²) < 4.78 is 0. The Kier molecular flexibility index (Phi) is 3.21. The van der Waals surface area contributed by atoms with Gasteiger partial charge in [-0.15, -0.1) is 0 Å². The highest BCUT2D eigenvalue weighted by Gasteiger charge is 2.39. The van der Waals surface area contributed by atoms with Gasteiger partial charge in [-0.1, -0.05) is 19.3 Å². The van der Waals surface area contributed by atoms with E-state index in [1.807, 2.05) is 0 Å². The van der Waals surface area contributed by atoms with E-state index in [0.717, 1.165) is 24.2 Å². The van der Waals surface area contributed by atoms with Crippen molar-refractivity contribution >= 4 is 0 Å². The van der Waals surface area contributed by atoms with Crippen molar-refractivity contribution in [2.45, 2.75) is 63.5 Å². The Morgan fingerprint density at radius 2 is 1.88 bits per heavy atom. The maximum atomic E-state index is 9.91. The normalized spacial score (nSPS) is 47.4. The third-order valence-electron chi connectivity index (χ3n) is 5.26. The molecule has 3 aliphatic rings. The van der Waals surface area contributed by atoms with Crippen LogP contribution in [0.4, 0.5) is 0 Å². The summed E-state index contributed by atoms with van der Waals surface area (Å²) in [6, 6.07) is 0.396. The minimum absolute atomic E-state index is 0.0765. The molecule has 0 aromatic rings. The van der Waals surface area contributed by atoms with Gasteiger partial charge in [-0.2, -0.15) is 0 Å². The molecule has 0 radical (unpaired) electrons. The van der Waals surface area contributed by atoms with Gasteiger partial charge >= 0.3 is 0 Å². The first kappa shape index (κ1) is 11.0. The Morgan fingerprint density at radius 1 is 1.00 bits per heavy atom. The average Bonchev–Trinajstić information content (AvgIpc) is 2.90. The summed E-state index contributed by atoms with van der Waals surface area (Å²) in [5, 5.41) is 13.6. The third kappa shape index (κ3) is 2.14. The van der Waals surface area contributed by atoms with Gasteiger partial charge in [0.1, 0.15) is 0 Å². The lowest BCUT2D eigenvalue weighted by atomic mass is 9.87. The van der Waals surface area contributed by atoms with E-state index < -0.39 is 0 Å². The molecule has 2 N–H and O–H groups in total. The number of nitrogens with one attached hydrogen (secondary N) is 1. The molecule has 92 valence electrons. The van der Waals surface area contributed by atoms with E-state index in [1.165, 1.54) is 51.5 Å². The fourth-order valence-corrected chi connectivity index (χ4v) is 4.28. The molecule has 3 saturated carbocycles. The Balaban J connectivity index is 1.45. The zero-order chi connectivity index (χ0) is 11.0. The van der Waals surface area contributed by atoms with Gasteiger partial charge in [0.25, 0.3) is 0 Å². The highest BCUT2D eigenvalue weighted by Crippen LogP contribution is 2.48. The second-order valence-corrected chi connectivity index (χ2v) is 6.30. The molecule has 0 aliphatic heterocycles. The predicted octanol–water partition coefficient (Wildman–Crippen LogP) is 2.32.